The smallest absolute Gasteiger partial charge is 0.306 e. The molecule has 0 amide bonds. The van der Waals surface area contributed by atoms with Crippen LogP contribution in [-0.2, 0) is 0 Å². The molecule has 0 bridgehead atoms. The Morgan fingerprint density at radius 3 is 2.62 bits per heavy atom. The van der Waals surface area contributed by atoms with Crippen LogP contribution in [0.1, 0.15) is 5.56 Å². The Hall–Kier alpha value is -1.85. The van der Waals surface area contributed by atoms with Crippen molar-refractivity contribution >= 4 is 38.4 Å². The number of rotatable bonds is 1. The topological polar surface area (TPSA) is 54.9 Å². The highest BCUT2D eigenvalue weighted by atomic mass is 79.9. The van der Waals surface area contributed by atoms with Gasteiger partial charge in [0.2, 0.25) is 0 Å². The van der Waals surface area contributed by atoms with Gasteiger partial charge in [-0.15, -0.1) is 0 Å². The molecule has 21 heavy (non-hydrogen) atoms. The molecule has 0 aliphatic carbocycles. The van der Waals surface area contributed by atoms with Crippen LogP contribution < -0.4 is 11.2 Å². The molecule has 0 spiro atoms. The molecule has 0 unspecified atom stereocenters. The number of nitrogens with one attached hydrogen (secondary N) is 1. The highest BCUT2D eigenvalue weighted by Gasteiger charge is 2.10. The van der Waals surface area contributed by atoms with Gasteiger partial charge >= 0.3 is 5.69 Å². The summed E-state index contributed by atoms with van der Waals surface area (Å²) in [5, 5.41) is 0.827. The average molecular weight is 366 g/mol. The number of fused-ring (bicyclic) bond motifs is 1. The van der Waals surface area contributed by atoms with Crippen molar-refractivity contribution in [1.82, 2.24) is 9.55 Å². The van der Waals surface area contributed by atoms with Gasteiger partial charge in [-0.05, 0) is 48.9 Å². The second-order valence-electron chi connectivity index (χ2n) is 4.69. The summed E-state index contributed by atoms with van der Waals surface area (Å²) in [4.78, 5) is 27.5. The highest BCUT2D eigenvalue weighted by Crippen LogP contribution is 2.19. The van der Waals surface area contributed by atoms with Crippen LogP contribution in [0.3, 0.4) is 0 Å². The standard InChI is InChI=1S/C15H10BrClN2O2/c1-8-6-10(3-4-12(8)16)19-14(20)11-7-9(17)2-5-13(11)18-15(19)21/h2-7H,1H3,(H,18,21). The molecule has 0 aliphatic rings. The molecule has 3 rings (SSSR count). The van der Waals surface area contributed by atoms with E-state index in [1.165, 1.54) is 0 Å². The third kappa shape index (κ3) is 2.43. The molecule has 106 valence electrons. The van der Waals surface area contributed by atoms with E-state index in [-0.39, 0.29) is 0 Å². The lowest BCUT2D eigenvalue weighted by atomic mass is 10.2. The van der Waals surface area contributed by atoms with Gasteiger partial charge < -0.3 is 4.98 Å². The molecule has 0 aliphatic heterocycles. The van der Waals surface area contributed by atoms with Gasteiger partial charge in [0, 0.05) is 9.50 Å². The van der Waals surface area contributed by atoms with Gasteiger partial charge in [-0.25, -0.2) is 9.36 Å². The maximum Gasteiger partial charge on any atom is 0.333 e. The number of halogens is 2. The molecule has 4 nitrogen and oxygen atoms in total. The summed E-state index contributed by atoms with van der Waals surface area (Å²) in [7, 11) is 0. The van der Waals surface area contributed by atoms with Gasteiger partial charge in [-0.1, -0.05) is 27.5 Å². The first-order valence-corrected chi connectivity index (χ1v) is 7.35. The largest absolute Gasteiger partial charge is 0.333 e. The van der Waals surface area contributed by atoms with E-state index in [1.54, 1.807) is 36.4 Å². The number of aromatic amines is 1. The first kappa shape index (κ1) is 14.1. The maximum atomic E-state index is 12.6. The summed E-state index contributed by atoms with van der Waals surface area (Å²) in [6.07, 6.45) is 0. The van der Waals surface area contributed by atoms with Crippen molar-refractivity contribution in [3.8, 4) is 5.69 Å². The molecule has 0 radical (unpaired) electrons. The molecule has 6 heteroatoms. The van der Waals surface area contributed by atoms with Crippen molar-refractivity contribution < 1.29 is 0 Å². The average Bonchev–Trinajstić information content (AvgIpc) is 2.44. The van der Waals surface area contributed by atoms with E-state index < -0.39 is 11.2 Å². The lowest BCUT2D eigenvalue weighted by molar-refractivity contribution is 0.899. The van der Waals surface area contributed by atoms with Crippen LogP contribution in [0.5, 0.6) is 0 Å². The Balaban J connectivity index is 2.39. The first-order valence-electron chi connectivity index (χ1n) is 6.18. The summed E-state index contributed by atoms with van der Waals surface area (Å²) in [6.45, 7) is 1.89. The third-order valence-electron chi connectivity index (χ3n) is 3.26. The predicted octanol–water partition coefficient (Wildman–Crippen LogP) is 3.40. The zero-order valence-corrected chi connectivity index (χ0v) is 13.3. The number of aromatic nitrogens is 2. The Kier molecular flexibility index (Phi) is 3.47. The van der Waals surface area contributed by atoms with Gasteiger partial charge in [0.25, 0.3) is 5.56 Å². The van der Waals surface area contributed by atoms with Crippen molar-refractivity contribution in [1.29, 1.82) is 0 Å². The van der Waals surface area contributed by atoms with E-state index in [0.29, 0.717) is 21.6 Å². The highest BCUT2D eigenvalue weighted by molar-refractivity contribution is 9.10. The van der Waals surface area contributed by atoms with Crippen LogP contribution in [0.2, 0.25) is 5.02 Å². The third-order valence-corrected chi connectivity index (χ3v) is 4.38. The van der Waals surface area contributed by atoms with E-state index in [4.69, 9.17) is 11.6 Å². The van der Waals surface area contributed by atoms with E-state index in [1.807, 2.05) is 6.92 Å². The Labute approximate surface area is 133 Å². The SMILES string of the molecule is Cc1cc(-n2c(=O)[nH]c3ccc(Cl)cc3c2=O)ccc1Br. The minimum atomic E-state index is -0.475. The summed E-state index contributed by atoms with van der Waals surface area (Å²) < 4.78 is 2.03. The fourth-order valence-electron chi connectivity index (χ4n) is 2.19. The Morgan fingerprint density at radius 2 is 1.90 bits per heavy atom. The molecular weight excluding hydrogens is 356 g/mol. The van der Waals surface area contributed by atoms with Crippen LogP contribution in [0.15, 0.2) is 50.5 Å². The van der Waals surface area contributed by atoms with Crippen LogP contribution in [0.4, 0.5) is 0 Å². The minimum Gasteiger partial charge on any atom is -0.306 e. The zero-order valence-electron chi connectivity index (χ0n) is 11.0. The predicted molar refractivity (Wildman–Crippen MR) is 87.6 cm³/mol. The van der Waals surface area contributed by atoms with Crippen molar-refractivity contribution in [3.63, 3.8) is 0 Å². The van der Waals surface area contributed by atoms with Crippen molar-refractivity contribution in [2.75, 3.05) is 0 Å². The number of hydrogen-bond donors (Lipinski definition) is 1. The van der Waals surface area contributed by atoms with Crippen molar-refractivity contribution in [3.05, 3.63) is 72.3 Å². The summed E-state index contributed by atoms with van der Waals surface area (Å²) >= 11 is 9.33. The lowest BCUT2D eigenvalue weighted by Gasteiger charge is -2.08. The molecule has 0 fully saturated rings. The summed E-state index contributed by atoms with van der Waals surface area (Å²) in [5.74, 6) is 0. The molecule has 0 saturated carbocycles. The van der Waals surface area contributed by atoms with E-state index in [9.17, 15) is 9.59 Å². The number of H-pyrrole nitrogens is 1. The van der Waals surface area contributed by atoms with Gasteiger partial charge in [-0.2, -0.15) is 0 Å². The van der Waals surface area contributed by atoms with Gasteiger partial charge in [0.05, 0.1) is 16.6 Å². The Morgan fingerprint density at radius 1 is 1.14 bits per heavy atom. The number of benzene rings is 2. The van der Waals surface area contributed by atoms with E-state index >= 15 is 0 Å². The molecule has 2 aromatic carbocycles. The number of aryl methyl sites for hydroxylation is 1. The molecule has 3 aromatic rings. The van der Waals surface area contributed by atoms with Crippen molar-refractivity contribution in [2.24, 2.45) is 0 Å². The van der Waals surface area contributed by atoms with E-state index in [2.05, 4.69) is 20.9 Å². The van der Waals surface area contributed by atoms with Gasteiger partial charge in [0.15, 0.2) is 0 Å². The minimum absolute atomic E-state index is 0.377. The molecule has 0 atom stereocenters. The fourth-order valence-corrected chi connectivity index (χ4v) is 2.61. The van der Waals surface area contributed by atoms with Crippen LogP contribution in [0, 0.1) is 6.92 Å². The number of nitrogens with zero attached hydrogens (tertiary/aromatic N) is 1. The molecular formula is C15H10BrClN2O2. The first-order chi connectivity index (χ1) is 9.97. The monoisotopic (exact) mass is 364 g/mol. The van der Waals surface area contributed by atoms with Crippen LogP contribution in [0.25, 0.3) is 16.6 Å². The van der Waals surface area contributed by atoms with Crippen LogP contribution >= 0.6 is 27.5 Å². The summed E-state index contributed by atoms with van der Waals surface area (Å²) in [5.41, 5.74) is 1.06. The molecule has 1 N–H and O–H groups in total. The number of hydrogen-bond acceptors (Lipinski definition) is 2. The molecule has 0 saturated heterocycles. The summed E-state index contributed by atoms with van der Waals surface area (Å²) in [6, 6.07) is 10.1. The second-order valence-corrected chi connectivity index (χ2v) is 5.98. The lowest BCUT2D eigenvalue weighted by Crippen LogP contribution is -2.33. The quantitative estimate of drug-likeness (QED) is 0.718. The Bertz CT molecular complexity index is 976. The maximum absolute atomic E-state index is 12.6. The molecule has 1 heterocycles. The van der Waals surface area contributed by atoms with Gasteiger partial charge in [-0.3, -0.25) is 4.79 Å². The van der Waals surface area contributed by atoms with Crippen LogP contribution in [-0.4, -0.2) is 9.55 Å². The van der Waals surface area contributed by atoms with E-state index in [0.717, 1.165) is 14.6 Å². The second kappa shape index (κ2) is 5.16. The normalized spacial score (nSPS) is 11.0. The van der Waals surface area contributed by atoms with Gasteiger partial charge in [0.1, 0.15) is 0 Å². The molecule has 1 aromatic heterocycles. The fraction of sp³-hybridized carbons (Fsp3) is 0.0667. The van der Waals surface area contributed by atoms with Crippen molar-refractivity contribution in [2.45, 2.75) is 6.92 Å². The zero-order chi connectivity index (χ0) is 15.1.